The number of nitrogens with zero attached hydrogens (tertiary/aromatic N) is 3. The first-order chi connectivity index (χ1) is 20.7. The number of cyclic esters (lactones) is 1. The Balaban J connectivity index is 2.00. The summed E-state index contributed by atoms with van der Waals surface area (Å²) in [4.78, 5) is 47.5. The lowest BCUT2D eigenvalue weighted by Gasteiger charge is -2.41. The number of esters is 1. The first-order valence-electron chi connectivity index (χ1n) is 15.9. The van der Waals surface area contributed by atoms with Gasteiger partial charge in [-0.05, 0) is 71.7 Å². The number of rotatable bonds is 8. The number of allylic oxidation sites excluding steroid dienone is 1. The number of hydrogen-bond acceptors (Lipinski definition) is 9. The summed E-state index contributed by atoms with van der Waals surface area (Å²) in [6, 6.07) is 0.276. The van der Waals surface area contributed by atoms with E-state index in [4.69, 9.17) is 18.9 Å². The molecule has 1 aromatic heterocycles. The van der Waals surface area contributed by atoms with E-state index in [1.165, 1.54) is 0 Å². The van der Waals surface area contributed by atoms with Gasteiger partial charge in [0.2, 0.25) is 0 Å². The lowest BCUT2D eigenvalue weighted by atomic mass is 9.79. The predicted octanol–water partition coefficient (Wildman–Crippen LogP) is 4.98. The van der Waals surface area contributed by atoms with Crippen molar-refractivity contribution in [2.24, 2.45) is 23.7 Å². The summed E-state index contributed by atoms with van der Waals surface area (Å²) in [5, 5.41) is 0. The first kappa shape index (κ1) is 35.8. The van der Waals surface area contributed by atoms with Gasteiger partial charge in [-0.2, -0.15) is 0 Å². The van der Waals surface area contributed by atoms with Crippen molar-refractivity contribution in [2.75, 3.05) is 14.1 Å². The van der Waals surface area contributed by atoms with Crippen LogP contribution in [0.25, 0.3) is 0 Å². The van der Waals surface area contributed by atoms with Gasteiger partial charge in [0.25, 0.3) is 0 Å². The van der Waals surface area contributed by atoms with Crippen LogP contribution in [-0.2, 0) is 40.1 Å². The topological polar surface area (TPSA) is 109 Å². The molecule has 1 aromatic rings. The molecular formula is C34H53N3O7. The van der Waals surface area contributed by atoms with Gasteiger partial charge in [-0.25, -0.2) is 4.98 Å². The molecule has 0 aromatic carbocycles. The van der Waals surface area contributed by atoms with Crippen LogP contribution in [0.4, 0.5) is 0 Å². The van der Waals surface area contributed by atoms with Gasteiger partial charge in [0.1, 0.15) is 24.4 Å². The molecule has 0 amide bonds. The normalized spacial score (nSPS) is 37.6. The Morgan fingerprint density at radius 2 is 1.84 bits per heavy atom. The number of ketones is 2. The maximum absolute atomic E-state index is 13.9. The molecule has 3 heterocycles. The summed E-state index contributed by atoms with van der Waals surface area (Å²) in [5.74, 6) is -3.23. The fourth-order valence-electron chi connectivity index (χ4n) is 6.53. The molecule has 0 radical (unpaired) electrons. The van der Waals surface area contributed by atoms with Gasteiger partial charge in [0.05, 0.1) is 18.5 Å². The molecule has 0 aliphatic carbocycles. The van der Waals surface area contributed by atoms with Gasteiger partial charge in [0.15, 0.2) is 17.9 Å². The minimum atomic E-state index is -1.32. The largest absolute Gasteiger partial charge is 0.458 e. The van der Waals surface area contributed by atoms with Gasteiger partial charge < -0.3 is 28.4 Å². The second-order valence-electron chi connectivity index (χ2n) is 13.0. The number of imidazole rings is 1. The van der Waals surface area contributed by atoms with Crippen LogP contribution >= 0.6 is 0 Å². The molecule has 2 aliphatic heterocycles. The van der Waals surface area contributed by atoms with Gasteiger partial charge in [-0.15, -0.1) is 0 Å². The SMILES string of the molecule is C=C[C@]1(OCn2ccnc2)/C=C(\C)C(=O)[C@H](C)C[C@H](C)[C@H](O[C@H]2C[C@@H](N(C)C)C[C@@H](C)O2)[C@@H](C)C(=O)[C@@H](C)C(=O)O[C@@H]1CC. The van der Waals surface area contributed by atoms with Crippen LogP contribution in [-0.4, -0.2) is 82.3 Å². The van der Waals surface area contributed by atoms with E-state index in [0.29, 0.717) is 24.8 Å². The van der Waals surface area contributed by atoms with Gasteiger partial charge >= 0.3 is 5.97 Å². The number of aromatic nitrogens is 2. The van der Waals surface area contributed by atoms with Crippen LogP contribution < -0.4 is 0 Å². The maximum atomic E-state index is 13.9. The monoisotopic (exact) mass is 615 g/mol. The molecule has 1 fully saturated rings. The lowest BCUT2D eigenvalue weighted by molar-refractivity contribution is -0.236. The van der Waals surface area contributed by atoms with Crippen molar-refractivity contribution >= 4 is 17.5 Å². The molecule has 0 N–H and O–H groups in total. The fraction of sp³-hybridized carbons (Fsp3) is 0.706. The van der Waals surface area contributed by atoms with Crippen molar-refractivity contribution < 1.29 is 33.3 Å². The van der Waals surface area contributed by atoms with Crippen LogP contribution in [0.3, 0.4) is 0 Å². The summed E-state index contributed by atoms with van der Waals surface area (Å²) in [6.07, 6.45) is 8.74. The maximum Gasteiger partial charge on any atom is 0.316 e. The quantitative estimate of drug-likeness (QED) is 0.227. The predicted molar refractivity (Wildman–Crippen MR) is 167 cm³/mol. The molecule has 0 bridgehead atoms. The standard InChI is InChI=1S/C34H53N3O7/c1-11-28-34(12-2,41-20-37-14-13-35-19-37)18-23(5)30(38)21(3)15-22(4)32(25(7)31(39)26(8)33(40)43-28)44-29-17-27(36(9)10)16-24(6)42-29/h12-14,18-19,21-22,24-29,32H,2,11,15-17,20H2,1,3-10H3/b23-18+/t21-,22+,24-,25+,26-,27+,28-,29+,32+,34+/m1/s1. The molecule has 10 nitrogen and oxygen atoms in total. The van der Waals surface area contributed by atoms with E-state index in [9.17, 15) is 14.4 Å². The molecule has 44 heavy (non-hydrogen) atoms. The summed E-state index contributed by atoms with van der Waals surface area (Å²) >= 11 is 0. The van der Waals surface area contributed by atoms with Gasteiger partial charge in [0, 0.05) is 36.7 Å². The van der Waals surface area contributed by atoms with Crippen LogP contribution in [0.2, 0.25) is 0 Å². The van der Waals surface area contributed by atoms with Crippen molar-refractivity contribution in [3.8, 4) is 0 Å². The van der Waals surface area contributed by atoms with E-state index in [1.807, 2.05) is 41.8 Å². The molecule has 2 aliphatic rings. The van der Waals surface area contributed by atoms with Crippen molar-refractivity contribution in [3.63, 3.8) is 0 Å². The highest BCUT2D eigenvalue weighted by atomic mass is 16.7. The van der Waals surface area contributed by atoms with Gasteiger partial charge in [-0.1, -0.05) is 40.3 Å². The number of hydrogen-bond donors (Lipinski definition) is 0. The Bertz CT molecular complexity index is 1170. The molecule has 246 valence electrons. The summed E-state index contributed by atoms with van der Waals surface area (Å²) in [5.41, 5.74) is -0.836. The number of ether oxygens (including phenoxy) is 4. The first-order valence-corrected chi connectivity index (χ1v) is 15.9. The highest BCUT2D eigenvalue weighted by molar-refractivity contribution is 6.00. The summed E-state index contributed by atoms with van der Waals surface area (Å²) < 4.78 is 26.9. The highest BCUT2D eigenvalue weighted by Gasteiger charge is 2.43. The van der Waals surface area contributed by atoms with Crippen molar-refractivity contribution in [2.45, 2.75) is 117 Å². The smallest absolute Gasteiger partial charge is 0.316 e. The molecule has 0 unspecified atom stereocenters. The zero-order valence-corrected chi connectivity index (χ0v) is 28.0. The van der Waals surface area contributed by atoms with Gasteiger partial charge in [-0.3, -0.25) is 14.4 Å². The van der Waals surface area contributed by atoms with E-state index >= 15 is 0 Å². The molecule has 10 heteroatoms. The molecule has 3 rings (SSSR count). The second-order valence-corrected chi connectivity index (χ2v) is 13.0. The molecular weight excluding hydrogens is 562 g/mol. The van der Waals surface area contributed by atoms with E-state index in [2.05, 4.69) is 16.5 Å². The number of carbonyl (C=O) groups is 3. The van der Waals surface area contributed by atoms with Crippen molar-refractivity contribution in [1.29, 1.82) is 0 Å². The van der Waals surface area contributed by atoms with Crippen LogP contribution in [0.15, 0.2) is 43.0 Å². The van der Waals surface area contributed by atoms with E-state index in [0.717, 1.165) is 6.42 Å². The third-order valence-corrected chi connectivity index (χ3v) is 9.25. The Morgan fingerprint density at radius 1 is 1.14 bits per heavy atom. The Morgan fingerprint density at radius 3 is 2.43 bits per heavy atom. The third-order valence-electron chi connectivity index (χ3n) is 9.25. The molecule has 10 atom stereocenters. The van der Waals surface area contributed by atoms with Crippen molar-refractivity contribution in [1.82, 2.24) is 14.5 Å². The zero-order chi connectivity index (χ0) is 32.8. The molecule has 0 saturated carbocycles. The zero-order valence-electron chi connectivity index (χ0n) is 28.0. The Labute approximate surface area is 263 Å². The molecule has 0 spiro atoms. The number of carbonyl (C=O) groups excluding carboxylic acids is 3. The van der Waals surface area contributed by atoms with E-state index in [1.54, 1.807) is 56.2 Å². The summed E-state index contributed by atoms with van der Waals surface area (Å²) in [7, 11) is 4.08. The minimum Gasteiger partial charge on any atom is -0.458 e. The highest BCUT2D eigenvalue weighted by Crippen LogP contribution is 2.34. The van der Waals surface area contributed by atoms with E-state index < -0.39 is 41.9 Å². The minimum absolute atomic E-state index is 0.00439. The Kier molecular flexibility index (Phi) is 12.7. The fourth-order valence-corrected chi connectivity index (χ4v) is 6.53. The average molecular weight is 616 g/mol. The lowest BCUT2D eigenvalue weighted by Crippen LogP contribution is -2.48. The van der Waals surface area contributed by atoms with E-state index in [-0.39, 0.29) is 42.3 Å². The van der Waals surface area contributed by atoms with Crippen molar-refractivity contribution in [3.05, 3.63) is 43.0 Å². The van der Waals surface area contributed by atoms with Crippen LogP contribution in [0, 0.1) is 23.7 Å². The molecule has 1 saturated heterocycles. The summed E-state index contributed by atoms with van der Waals surface area (Å²) in [6.45, 7) is 17.0. The Hall–Kier alpha value is -2.66. The van der Waals surface area contributed by atoms with Crippen LogP contribution in [0.1, 0.15) is 74.1 Å². The number of Topliss-reactive ketones (excluding diaryl/α,β-unsaturated/α-hetero) is 2. The second kappa shape index (κ2) is 15.6. The third kappa shape index (κ3) is 8.53. The van der Waals surface area contributed by atoms with Crippen LogP contribution in [0.5, 0.6) is 0 Å². The average Bonchev–Trinajstić information content (AvgIpc) is 3.52.